The van der Waals surface area contributed by atoms with Crippen molar-refractivity contribution < 1.29 is 89.3 Å². The maximum absolute atomic E-state index is 11.9. The van der Waals surface area contributed by atoms with Crippen LogP contribution in [-0.2, 0) is 33.2 Å². The first kappa shape index (κ1) is 47.5. The third-order valence-electron chi connectivity index (χ3n) is 17.1. The van der Waals surface area contributed by atoms with E-state index in [1.54, 1.807) is 0 Å². The van der Waals surface area contributed by atoms with Crippen molar-refractivity contribution in [2.75, 3.05) is 13.2 Å². The Morgan fingerprint density at radius 1 is 0.758 bits per heavy atom. The highest BCUT2D eigenvalue weighted by Gasteiger charge is 2.68. The number of hydrogen-bond donors (Lipinski definition) is 11. The Hall–Kier alpha value is -0.980. The van der Waals surface area contributed by atoms with Crippen molar-refractivity contribution in [2.45, 2.75) is 203 Å². The Bertz CT molecular complexity index is 1590. The number of aliphatic hydroxyl groups is 11. The molecule has 7 fully saturated rings. The van der Waals surface area contributed by atoms with Gasteiger partial charge in [0, 0.05) is 18.9 Å². The highest BCUT2D eigenvalue weighted by atomic mass is 16.8. The summed E-state index contributed by atoms with van der Waals surface area (Å²) in [6.07, 6.45) is -15.3. The average Bonchev–Trinajstić information content (AvgIpc) is 3.68. The van der Waals surface area contributed by atoms with Gasteiger partial charge in [-0.1, -0.05) is 39.3 Å². The molecule has 4 aliphatic heterocycles. The molecule has 18 nitrogen and oxygen atoms in total. The molecule has 4 aliphatic carbocycles. The van der Waals surface area contributed by atoms with Crippen molar-refractivity contribution in [3.8, 4) is 0 Å². The van der Waals surface area contributed by atoms with Crippen LogP contribution in [0.1, 0.15) is 92.4 Å². The molecule has 18 heteroatoms. The standard InChI is InChI=1S/C44H72O18/c1-18(16-45)8-13-44(55)19(2)28-26(62-44)15-25-23-7-6-21-14-22(9-11-42(21,4)24(23)10-12-43(25,28)5)57-41-37(60-40-34(52)31(49)32(50)38(54)61-40)35(53)36(27(17-46)58-41)59-39-33(51)30(48)29(47)20(3)56-39/h6,18-20,22-41,45-55H,7-17H2,1-5H3/t18-,19+,20?,22?,23-,24+,25+,26?,27?,28+,29+,30+,31+,32-,33?,34?,35+,36-,37?,38?,39+,40-,41-,42+,43+,44?/m1/s1. The van der Waals surface area contributed by atoms with Gasteiger partial charge in [0.25, 0.3) is 0 Å². The van der Waals surface area contributed by atoms with Gasteiger partial charge in [-0.3, -0.25) is 0 Å². The molecule has 8 aliphatic rings. The van der Waals surface area contributed by atoms with E-state index in [0.717, 1.165) is 32.1 Å². The summed E-state index contributed by atoms with van der Waals surface area (Å²) in [5.74, 6) is 0.463. The van der Waals surface area contributed by atoms with E-state index in [-0.39, 0.29) is 41.3 Å². The molecule has 62 heavy (non-hydrogen) atoms. The topological polar surface area (TPSA) is 287 Å². The van der Waals surface area contributed by atoms with Gasteiger partial charge < -0.3 is 89.3 Å². The molecule has 0 radical (unpaired) electrons. The molecule has 356 valence electrons. The molecule has 4 saturated heterocycles. The predicted octanol–water partition coefficient (Wildman–Crippen LogP) is -0.874. The lowest BCUT2D eigenvalue weighted by molar-refractivity contribution is -0.400. The van der Waals surface area contributed by atoms with Gasteiger partial charge in [0.1, 0.15) is 61.0 Å². The van der Waals surface area contributed by atoms with E-state index in [2.05, 4.69) is 26.8 Å². The van der Waals surface area contributed by atoms with Gasteiger partial charge in [0.05, 0.1) is 24.9 Å². The Labute approximate surface area is 362 Å². The maximum atomic E-state index is 11.9. The molecule has 26 atom stereocenters. The molecule has 9 unspecified atom stereocenters. The van der Waals surface area contributed by atoms with Crippen molar-refractivity contribution >= 4 is 0 Å². The maximum Gasteiger partial charge on any atom is 0.189 e. The van der Waals surface area contributed by atoms with Crippen LogP contribution in [0.2, 0.25) is 0 Å². The lowest BCUT2D eigenvalue weighted by atomic mass is 9.47. The van der Waals surface area contributed by atoms with Gasteiger partial charge in [-0.15, -0.1) is 0 Å². The Balaban J connectivity index is 0.982. The van der Waals surface area contributed by atoms with E-state index in [1.165, 1.54) is 12.5 Å². The molecular formula is C44H72O18. The van der Waals surface area contributed by atoms with Crippen molar-refractivity contribution in [1.29, 1.82) is 0 Å². The summed E-state index contributed by atoms with van der Waals surface area (Å²) in [5, 5.41) is 117. The molecule has 3 saturated carbocycles. The van der Waals surface area contributed by atoms with E-state index in [9.17, 15) is 56.2 Å². The Kier molecular flexibility index (Phi) is 13.7. The van der Waals surface area contributed by atoms with Gasteiger partial charge in [0.15, 0.2) is 30.9 Å². The fraction of sp³-hybridized carbons (Fsp3) is 0.955. The summed E-state index contributed by atoms with van der Waals surface area (Å²) in [4.78, 5) is 0. The van der Waals surface area contributed by atoms with Crippen LogP contribution < -0.4 is 0 Å². The van der Waals surface area contributed by atoms with E-state index >= 15 is 0 Å². The summed E-state index contributed by atoms with van der Waals surface area (Å²) >= 11 is 0. The van der Waals surface area contributed by atoms with Crippen LogP contribution >= 0.6 is 0 Å². The normalized spacial score (nSPS) is 55.7. The molecule has 0 amide bonds. The molecule has 0 aromatic rings. The molecule has 0 aromatic carbocycles. The second-order valence-corrected chi connectivity index (χ2v) is 20.6. The minimum Gasteiger partial charge on any atom is -0.396 e. The zero-order valence-corrected chi connectivity index (χ0v) is 36.4. The second kappa shape index (κ2) is 17.9. The number of allylic oxidation sites excluding steroid dienone is 1. The van der Waals surface area contributed by atoms with Crippen LogP contribution in [0.3, 0.4) is 0 Å². The van der Waals surface area contributed by atoms with Crippen molar-refractivity contribution in [3.05, 3.63) is 11.6 Å². The van der Waals surface area contributed by atoms with Crippen molar-refractivity contribution in [3.63, 3.8) is 0 Å². The first-order valence-corrected chi connectivity index (χ1v) is 22.9. The predicted molar refractivity (Wildman–Crippen MR) is 213 cm³/mol. The molecule has 4 heterocycles. The monoisotopic (exact) mass is 888 g/mol. The summed E-state index contributed by atoms with van der Waals surface area (Å²) < 4.78 is 42.3. The largest absolute Gasteiger partial charge is 0.396 e. The minimum absolute atomic E-state index is 0.00992. The van der Waals surface area contributed by atoms with E-state index < -0.39 is 111 Å². The van der Waals surface area contributed by atoms with E-state index in [0.29, 0.717) is 43.4 Å². The number of hydrogen-bond acceptors (Lipinski definition) is 18. The average molecular weight is 889 g/mol. The smallest absolute Gasteiger partial charge is 0.189 e. The Morgan fingerprint density at radius 3 is 2.13 bits per heavy atom. The zero-order valence-electron chi connectivity index (χ0n) is 36.4. The first-order chi connectivity index (χ1) is 29.3. The van der Waals surface area contributed by atoms with Crippen LogP contribution in [0.25, 0.3) is 0 Å². The fourth-order valence-corrected chi connectivity index (χ4v) is 13.3. The molecule has 0 aromatic heterocycles. The lowest BCUT2D eigenvalue weighted by Gasteiger charge is -2.58. The molecule has 0 bridgehead atoms. The Morgan fingerprint density at radius 2 is 1.44 bits per heavy atom. The van der Waals surface area contributed by atoms with Crippen LogP contribution in [0.15, 0.2) is 11.6 Å². The van der Waals surface area contributed by atoms with Crippen LogP contribution in [0.4, 0.5) is 0 Å². The number of ether oxygens (including phenoxy) is 7. The number of aliphatic hydroxyl groups excluding tert-OH is 10. The third-order valence-corrected chi connectivity index (χ3v) is 17.1. The summed E-state index contributed by atoms with van der Waals surface area (Å²) in [5.41, 5.74) is 1.19. The van der Waals surface area contributed by atoms with Crippen molar-refractivity contribution in [1.82, 2.24) is 0 Å². The summed E-state index contributed by atoms with van der Waals surface area (Å²) in [6, 6.07) is 0. The summed E-state index contributed by atoms with van der Waals surface area (Å²) in [7, 11) is 0. The van der Waals surface area contributed by atoms with Gasteiger partial charge in [-0.05, 0) is 98.7 Å². The number of rotatable bonds is 11. The third kappa shape index (κ3) is 8.06. The molecule has 11 N–H and O–H groups in total. The van der Waals surface area contributed by atoms with E-state index in [4.69, 9.17) is 33.2 Å². The highest BCUT2D eigenvalue weighted by Crippen LogP contribution is 2.70. The van der Waals surface area contributed by atoms with Crippen LogP contribution in [0, 0.1) is 46.3 Å². The quantitative estimate of drug-likeness (QED) is 0.112. The summed E-state index contributed by atoms with van der Waals surface area (Å²) in [6.45, 7) is 9.74. The first-order valence-electron chi connectivity index (χ1n) is 22.9. The van der Waals surface area contributed by atoms with E-state index in [1.807, 2.05) is 6.92 Å². The zero-order chi connectivity index (χ0) is 44.8. The van der Waals surface area contributed by atoms with Crippen molar-refractivity contribution in [2.24, 2.45) is 46.3 Å². The highest BCUT2D eigenvalue weighted by molar-refractivity contribution is 5.26. The lowest BCUT2D eigenvalue weighted by Crippen LogP contribution is -2.66. The van der Waals surface area contributed by atoms with Gasteiger partial charge in [-0.25, -0.2) is 0 Å². The molecule has 8 rings (SSSR count). The minimum atomic E-state index is -1.96. The second-order valence-electron chi connectivity index (χ2n) is 20.6. The van der Waals surface area contributed by atoms with Gasteiger partial charge in [-0.2, -0.15) is 0 Å². The van der Waals surface area contributed by atoms with Crippen LogP contribution in [0.5, 0.6) is 0 Å². The SMILES string of the molecule is CC1O[C@@H](O[C@@H]2C(CO)O[C@@H](OC3CC[C@@]4(C)C(=CC[C@H]5[C@@H]6CC7OC(O)(CC[C@@H](C)CO)[C@@H](C)[C@@H]7[C@@]6(C)CC[C@@H]54)C3)C(O[C@@H]3OC(O)[C@H](O)[C@H](O)C3O)[C@H]2O)C(O)[C@@H](O)[C@H]1O. The number of fused-ring (bicyclic) bond motifs is 7. The van der Waals surface area contributed by atoms with Gasteiger partial charge >= 0.3 is 0 Å². The molecule has 0 spiro atoms. The van der Waals surface area contributed by atoms with Crippen LogP contribution in [-0.4, -0.2) is 180 Å². The fourth-order valence-electron chi connectivity index (χ4n) is 13.3. The molecular weight excluding hydrogens is 816 g/mol. The van der Waals surface area contributed by atoms with Gasteiger partial charge in [0.2, 0.25) is 0 Å².